The fourth-order valence-electron chi connectivity index (χ4n) is 2.07. The summed E-state index contributed by atoms with van der Waals surface area (Å²) in [5.74, 6) is -1.17. The van der Waals surface area contributed by atoms with Crippen LogP contribution in [0.5, 0.6) is 0 Å². The lowest BCUT2D eigenvalue weighted by Gasteiger charge is -2.17. The number of benzene rings is 2. The van der Waals surface area contributed by atoms with Gasteiger partial charge < -0.3 is 10.1 Å². The zero-order chi connectivity index (χ0) is 20.0. The quantitative estimate of drug-likeness (QED) is 0.646. The number of Topliss-reactive ketones (excluding diaryl/α,β-unsaturated/α-hetero) is 1. The molecule has 0 aliphatic rings. The zero-order valence-electron chi connectivity index (χ0n) is 15.4. The average Bonchev–Trinajstić information content (AvgIpc) is 2.65. The smallest absolute Gasteiger partial charge is 0.338 e. The highest BCUT2D eigenvalue weighted by Gasteiger charge is 2.21. The Hall–Kier alpha value is -3.46. The normalized spacial score (nSPS) is 10.6. The summed E-state index contributed by atoms with van der Waals surface area (Å²) in [6.45, 7) is 5.01. The fourth-order valence-corrected chi connectivity index (χ4v) is 2.07. The van der Waals surface area contributed by atoms with Crippen LogP contribution in [-0.4, -0.2) is 24.3 Å². The zero-order valence-corrected chi connectivity index (χ0v) is 15.4. The molecular formula is C21H20N2O4. The first-order valence-corrected chi connectivity index (χ1v) is 8.33. The number of esters is 1. The first-order valence-electron chi connectivity index (χ1n) is 8.33. The maximum absolute atomic E-state index is 12.2. The summed E-state index contributed by atoms with van der Waals surface area (Å²) in [7, 11) is 0. The van der Waals surface area contributed by atoms with E-state index >= 15 is 0 Å². The number of nitrogens with zero attached hydrogens (tertiary/aromatic N) is 1. The average molecular weight is 364 g/mol. The van der Waals surface area contributed by atoms with Crippen LogP contribution in [0.15, 0.2) is 48.5 Å². The number of carbonyl (C=O) groups excluding carboxylic acids is 3. The highest BCUT2D eigenvalue weighted by molar-refractivity contribution is 6.00. The number of nitrogens with one attached hydrogen (secondary N) is 1. The van der Waals surface area contributed by atoms with E-state index in [1.165, 1.54) is 12.1 Å². The lowest BCUT2D eigenvalue weighted by Crippen LogP contribution is -2.27. The number of ether oxygens (including phenoxy) is 1. The Kier molecular flexibility index (Phi) is 6.09. The molecule has 27 heavy (non-hydrogen) atoms. The van der Waals surface area contributed by atoms with Gasteiger partial charge in [-0.1, -0.05) is 26.8 Å². The van der Waals surface area contributed by atoms with Crippen molar-refractivity contribution in [1.29, 1.82) is 5.26 Å². The van der Waals surface area contributed by atoms with Crippen molar-refractivity contribution in [3.63, 3.8) is 0 Å². The summed E-state index contributed by atoms with van der Waals surface area (Å²) in [4.78, 5) is 36.1. The highest BCUT2D eigenvalue weighted by Crippen LogP contribution is 2.18. The standard InChI is InChI=1S/C21H20N2O4/c1-21(2,3)20(26)23-17-9-7-15(8-10-17)18(24)13-27-19(25)16-6-4-5-14(11-16)12-22/h4-11H,13H2,1-3H3,(H,23,26). The molecule has 0 spiro atoms. The van der Waals surface area contributed by atoms with Crippen molar-refractivity contribution in [3.8, 4) is 6.07 Å². The van der Waals surface area contributed by atoms with E-state index in [0.717, 1.165) is 0 Å². The highest BCUT2D eigenvalue weighted by atomic mass is 16.5. The molecule has 0 saturated carbocycles. The summed E-state index contributed by atoms with van der Waals surface area (Å²) in [5.41, 5.74) is 0.968. The van der Waals surface area contributed by atoms with Crippen molar-refractivity contribution >= 4 is 23.3 Å². The van der Waals surface area contributed by atoms with Crippen LogP contribution < -0.4 is 5.32 Å². The summed E-state index contributed by atoms with van der Waals surface area (Å²) in [5, 5.41) is 11.6. The number of nitriles is 1. The van der Waals surface area contributed by atoms with Crippen LogP contribution in [0.2, 0.25) is 0 Å². The minimum Gasteiger partial charge on any atom is -0.454 e. The van der Waals surface area contributed by atoms with Crippen molar-refractivity contribution in [2.24, 2.45) is 5.41 Å². The predicted molar refractivity (Wildman–Crippen MR) is 100 cm³/mol. The van der Waals surface area contributed by atoms with Gasteiger partial charge >= 0.3 is 5.97 Å². The van der Waals surface area contributed by atoms with E-state index in [4.69, 9.17) is 10.00 Å². The molecule has 2 rings (SSSR count). The van der Waals surface area contributed by atoms with Crippen LogP contribution in [0.4, 0.5) is 5.69 Å². The molecule has 0 fully saturated rings. The minimum absolute atomic E-state index is 0.130. The van der Waals surface area contributed by atoms with Gasteiger partial charge in [0.05, 0.1) is 17.2 Å². The maximum Gasteiger partial charge on any atom is 0.338 e. The Bertz CT molecular complexity index is 903. The van der Waals surface area contributed by atoms with E-state index < -0.39 is 18.0 Å². The summed E-state index contributed by atoms with van der Waals surface area (Å²) < 4.78 is 5.02. The van der Waals surface area contributed by atoms with Crippen LogP contribution >= 0.6 is 0 Å². The summed E-state index contributed by atoms with van der Waals surface area (Å²) in [6.07, 6.45) is 0. The van der Waals surface area contributed by atoms with E-state index in [1.807, 2.05) is 6.07 Å². The van der Waals surface area contributed by atoms with Crippen LogP contribution in [0.1, 0.15) is 47.1 Å². The van der Waals surface area contributed by atoms with E-state index in [1.54, 1.807) is 57.2 Å². The van der Waals surface area contributed by atoms with Crippen molar-refractivity contribution in [1.82, 2.24) is 0 Å². The lowest BCUT2D eigenvalue weighted by molar-refractivity contribution is -0.123. The minimum atomic E-state index is -0.672. The molecule has 0 heterocycles. The molecule has 0 aromatic heterocycles. The van der Waals surface area contributed by atoms with E-state index in [0.29, 0.717) is 16.8 Å². The second-order valence-corrected chi connectivity index (χ2v) is 6.97. The van der Waals surface area contributed by atoms with Crippen molar-refractivity contribution in [3.05, 3.63) is 65.2 Å². The number of hydrogen-bond acceptors (Lipinski definition) is 5. The molecule has 6 nitrogen and oxygen atoms in total. The molecule has 0 atom stereocenters. The van der Waals surface area contributed by atoms with Gasteiger partial charge in [-0.25, -0.2) is 4.79 Å². The number of ketones is 1. The molecule has 0 unspecified atom stereocenters. The number of rotatable bonds is 5. The summed E-state index contributed by atoms with van der Waals surface area (Å²) in [6, 6.07) is 14.4. The number of carbonyl (C=O) groups is 3. The molecular weight excluding hydrogens is 344 g/mol. The molecule has 2 aromatic rings. The maximum atomic E-state index is 12.2. The van der Waals surface area contributed by atoms with Crippen molar-refractivity contribution in [2.45, 2.75) is 20.8 Å². The Balaban J connectivity index is 1.95. The van der Waals surface area contributed by atoms with Gasteiger partial charge in [-0.3, -0.25) is 9.59 Å². The van der Waals surface area contributed by atoms with Crippen LogP contribution in [-0.2, 0) is 9.53 Å². The Morgan fingerprint density at radius 1 is 1.04 bits per heavy atom. The molecule has 0 saturated heterocycles. The molecule has 0 bridgehead atoms. The summed E-state index contributed by atoms with van der Waals surface area (Å²) >= 11 is 0. The molecule has 0 aliphatic heterocycles. The number of hydrogen-bond donors (Lipinski definition) is 1. The Labute approximate surface area is 157 Å². The fraction of sp³-hybridized carbons (Fsp3) is 0.238. The van der Waals surface area contributed by atoms with E-state index in [-0.39, 0.29) is 17.3 Å². The van der Waals surface area contributed by atoms with Crippen molar-refractivity contribution in [2.75, 3.05) is 11.9 Å². The van der Waals surface area contributed by atoms with Crippen LogP contribution in [0, 0.1) is 16.7 Å². The Morgan fingerprint density at radius 3 is 2.30 bits per heavy atom. The van der Waals surface area contributed by atoms with Gasteiger partial charge in [0.15, 0.2) is 12.4 Å². The third-order valence-electron chi connectivity index (χ3n) is 3.71. The molecule has 0 aliphatic carbocycles. The molecule has 6 heteroatoms. The van der Waals surface area contributed by atoms with E-state index in [2.05, 4.69) is 5.32 Å². The third-order valence-corrected chi connectivity index (χ3v) is 3.71. The third kappa shape index (κ3) is 5.51. The molecule has 138 valence electrons. The largest absolute Gasteiger partial charge is 0.454 e. The van der Waals surface area contributed by atoms with Gasteiger partial charge in [-0.2, -0.15) is 5.26 Å². The van der Waals surface area contributed by atoms with Gasteiger partial charge in [0, 0.05) is 16.7 Å². The molecule has 2 aromatic carbocycles. The van der Waals surface area contributed by atoms with Crippen molar-refractivity contribution < 1.29 is 19.1 Å². The molecule has 1 N–H and O–H groups in total. The van der Waals surface area contributed by atoms with Gasteiger partial charge in [-0.05, 0) is 42.5 Å². The second-order valence-electron chi connectivity index (χ2n) is 6.97. The van der Waals surface area contributed by atoms with E-state index in [9.17, 15) is 14.4 Å². The number of anilines is 1. The van der Waals surface area contributed by atoms with Gasteiger partial charge in [0.2, 0.25) is 5.91 Å². The van der Waals surface area contributed by atoms with Crippen LogP contribution in [0.3, 0.4) is 0 Å². The Morgan fingerprint density at radius 2 is 1.70 bits per heavy atom. The predicted octanol–water partition coefficient (Wildman–Crippen LogP) is 3.58. The lowest BCUT2D eigenvalue weighted by atomic mass is 9.95. The second kappa shape index (κ2) is 8.28. The molecule has 1 amide bonds. The molecule has 0 radical (unpaired) electrons. The first kappa shape index (κ1) is 19.9. The van der Waals surface area contributed by atoms with Gasteiger partial charge in [0.25, 0.3) is 0 Å². The SMILES string of the molecule is CC(C)(C)C(=O)Nc1ccc(C(=O)COC(=O)c2cccc(C#N)c2)cc1. The monoisotopic (exact) mass is 364 g/mol. The topological polar surface area (TPSA) is 96.3 Å². The van der Waals surface area contributed by atoms with Gasteiger partial charge in [-0.15, -0.1) is 0 Å². The number of amides is 1. The van der Waals surface area contributed by atoms with Crippen LogP contribution in [0.25, 0.3) is 0 Å². The first-order chi connectivity index (χ1) is 12.7. The van der Waals surface area contributed by atoms with Gasteiger partial charge in [0.1, 0.15) is 0 Å².